The van der Waals surface area contributed by atoms with Crippen LogP contribution in [0.4, 0.5) is 5.69 Å². The smallest absolute Gasteiger partial charge is 0.308 e. The number of amides is 1. The van der Waals surface area contributed by atoms with Gasteiger partial charge in [-0.25, -0.2) is 4.98 Å². The van der Waals surface area contributed by atoms with E-state index in [-0.39, 0.29) is 23.8 Å². The molecule has 2 aromatic heterocycles. The Balaban J connectivity index is 1.86. The molecule has 2 heterocycles. The average molecular weight is 446 g/mol. The molecule has 1 atom stereocenters. The lowest BCUT2D eigenvalue weighted by atomic mass is 10.0. The van der Waals surface area contributed by atoms with Crippen molar-refractivity contribution < 1.29 is 19.2 Å². The van der Waals surface area contributed by atoms with Crippen LogP contribution in [-0.2, 0) is 9.53 Å². The zero-order chi connectivity index (χ0) is 21.7. The molecule has 30 heavy (non-hydrogen) atoms. The molecule has 1 N–H and O–H groups in total. The molecule has 3 aromatic rings. The third-order valence-corrected chi connectivity index (χ3v) is 6.05. The Morgan fingerprint density at radius 1 is 1.23 bits per heavy atom. The first-order chi connectivity index (χ1) is 14.3. The number of nitro benzene ring substituents is 1. The number of benzene rings is 1. The van der Waals surface area contributed by atoms with Gasteiger partial charge in [0.15, 0.2) is 0 Å². The van der Waals surface area contributed by atoms with Crippen molar-refractivity contribution in [1.82, 2.24) is 10.3 Å². The first-order valence-corrected chi connectivity index (χ1v) is 10.8. The van der Waals surface area contributed by atoms with Gasteiger partial charge in [-0.05, 0) is 25.3 Å². The number of rotatable bonds is 8. The minimum Gasteiger partial charge on any atom is -0.463 e. The number of thiophene rings is 1. The molecule has 3 rings (SSSR count). The van der Waals surface area contributed by atoms with E-state index in [9.17, 15) is 19.7 Å². The number of esters is 1. The van der Waals surface area contributed by atoms with E-state index in [1.54, 1.807) is 19.9 Å². The quantitative estimate of drug-likeness (QED) is 0.308. The van der Waals surface area contributed by atoms with E-state index in [1.165, 1.54) is 47.1 Å². The van der Waals surface area contributed by atoms with Crippen LogP contribution in [0.25, 0.3) is 9.88 Å². The molecule has 0 aliphatic heterocycles. The largest absolute Gasteiger partial charge is 0.463 e. The summed E-state index contributed by atoms with van der Waals surface area (Å²) in [5.41, 5.74) is 0.0586. The monoisotopic (exact) mass is 445 g/mol. The second-order valence-electron chi connectivity index (χ2n) is 6.59. The van der Waals surface area contributed by atoms with Crippen LogP contribution in [-0.4, -0.2) is 27.9 Å². The Kier molecular flexibility index (Phi) is 6.91. The van der Waals surface area contributed by atoms with Gasteiger partial charge in [0, 0.05) is 6.07 Å². The van der Waals surface area contributed by atoms with Gasteiger partial charge in [-0.15, -0.1) is 22.7 Å². The summed E-state index contributed by atoms with van der Waals surface area (Å²) in [5.74, 6) is -1.02. The van der Waals surface area contributed by atoms with Gasteiger partial charge in [0.2, 0.25) is 0 Å². The first-order valence-electron chi connectivity index (χ1n) is 9.08. The van der Waals surface area contributed by atoms with Gasteiger partial charge in [0.1, 0.15) is 9.88 Å². The molecule has 8 nitrogen and oxygen atoms in total. The molecule has 0 saturated heterocycles. The highest BCUT2D eigenvalue weighted by Gasteiger charge is 2.27. The first kappa shape index (κ1) is 21.6. The van der Waals surface area contributed by atoms with Gasteiger partial charge >= 0.3 is 5.97 Å². The molecule has 1 aromatic carbocycles. The predicted molar refractivity (Wildman–Crippen MR) is 115 cm³/mol. The molecule has 1 unspecified atom stereocenters. The van der Waals surface area contributed by atoms with E-state index in [0.717, 1.165) is 4.88 Å². The molecule has 0 aliphatic rings. The van der Waals surface area contributed by atoms with Crippen LogP contribution in [0.1, 0.15) is 41.5 Å². The number of nitrogens with zero attached hydrogens (tertiary/aromatic N) is 2. The third kappa shape index (κ3) is 5.28. The molecule has 0 fully saturated rings. The van der Waals surface area contributed by atoms with Gasteiger partial charge in [-0.3, -0.25) is 19.7 Å². The zero-order valence-corrected chi connectivity index (χ0v) is 17.9. The Morgan fingerprint density at radius 3 is 2.67 bits per heavy atom. The summed E-state index contributed by atoms with van der Waals surface area (Å²) in [6.07, 6.45) is 0.887. The van der Waals surface area contributed by atoms with Gasteiger partial charge in [0.05, 0.1) is 40.1 Å². The fourth-order valence-electron chi connectivity index (χ4n) is 2.79. The molecular formula is C20H19N3O5S2. The molecule has 156 valence electrons. The van der Waals surface area contributed by atoms with Gasteiger partial charge in [0.25, 0.3) is 11.6 Å². The van der Waals surface area contributed by atoms with E-state index < -0.39 is 22.8 Å². The van der Waals surface area contributed by atoms with Crippen molar-refractivity contribution in [3.63, 3.8) is 0 Å². The number of nitrogens with one attached hydrogen (secondary N) is 1. The third-order valence-electron chi connectivity index (χ3n) is 4.01. The maximum Gasteiger partial charge on any atom is 0.308 e. The van der Waals surface area contributed by atoms with E-state index in [2.05, 4.69) is 10.3 Å². The number of nitro groups is 1. The summed E-state index contributed by atoms with van der Waals surface area (Å²) in [5, 5.41) is 16.8. The number of ether oxygens (including phenoxy) is 1. The highest BCUT2D eigenvalue weighted by Crippen LogP contribution is 2.31. The maximum atomic E-state index is 12.8. The minimum atomic E-state index is -0.919. The lowest BCUT2D eigenvalue weighted by molar-refractivity contribution is -0.385. The standard InChI is InChI=1S/C20H19N3O5S2/c1-12(2)28-18(24)10-14(13-6-3-4-7-15(13)23(26)27)22-19(25)17-11-21-20(30-17)16-8-5-9-29-16/h3-9,11-12,14H,10H2,1-2H3,(H,22,25). The number of para-hydroxylation sites is 1. The zero-order valence-electron chi connectivity index (χ0n) is 16.2. The van der Waals surface area contributed by atoms with E-state index in [0.29, 0.717) is 9.88 Å². The summed E-state index contributed by atoms with van der Waals surface area (Å²) in [4.78, 5) is 41.6. The Hall–Kier alpha value is -3.11. The van der Waals surface area contributed by atoms with Gasteiger partial charge in [-0.1, -0.05) is 24.3 Å². The SMILES string of the molecule is CC(C)OC(=O)CC(NC(=O)c1cnc(-c2cccs2)s1)c1ccccc1[N+](=O)[O-]. The van der Waals surface area contributed by atoms with Crippen molar-refractivity contribution in [3.05, 3.63) is 68.5 Å². The van der Waals surface area contributed by atoms with E-state index in [1.807, 2.05) is 17.5 Å². The van der Waals surface area contributed by atoms with Gasteiger partial charge in [-0.2, -0.15) is 0 Å². The Bertz CT molecular complexity index is 1050. The molecule has 0 spiro atoms. The number of hydrogen-bond acceptors (Lipinski definition) is 8. The lowest BCUT2D eigenvalue weighted by Gasteiger charge is -2.19. The summed E-state index contributed by atoms with van der Waals surface area (Å²) < 4.78 is 5.17. The molecule has 1 amide bonds. The molecule has 0 aliphatic carbocycles. The molecule has 10 heteroatoms. The van der Waals surface area contributed by atoms with Crippen LogP contribution in [0, 0.1) is 10.1 Å². The summed E-state index contributed by atoms with van der Waals surface area (Å²) in [6, 6.07) is 8.90. The maximum absolute atomic E-state index is 12.8. The number of carbonyl (C=O) groups is 2. The molecule has 0 bridgehead atoms. The predicted octanol–water partition coefficient (Wildman–Crippen LogP) is 4.59. The Morgan fingerprint density at radius 2 is 2.00 bits per heavy atom. The van der Waals surface area contributed by atoms with Crippen molar-refractivity contribution in [2.24, 2.45) is 0 Å². The van der Waals surface area contributed by atoms with Crippen molar-refractivity contribution >= 4 is 40.2 Å². The van der Waals surface area contributed by atoms with Crippen LogP contribution in [0.15, 0.2) is 48.0 Å². The average Bonchev–Trinajstić information content (AvgIpc) is 3.38. The number of thiazole rings is 1. The number of aromatic nitrogens is 1. The van der Waals surface area contributed by atoms with Crippen LogP contribution in [0.5, 0.6) is 0 Å². The van der Waals surface area contributed by atoms with E-state index >= 15 is 0 Å². The van der Waals surface area contributed by atoms with Gasteiger partial charge < -0.3 is 10.1 Å². The molecule has 0 radical (unpaired) electrons. The highest BCUT2D eigenvalue weighted by molar-refractivity contribution is 7.22. The summed E-state index contributed by atoms with van der Waals surface area (Å²) >= 11 is 2.72. The van der Waals surface area contributed by atoms with E-state index in [4.69, 9.17) is 4.74 Å². The summed E-state index contributed by atoms with van der Waals surface area (Å²) in [7, 11) is 0. The van der Waals surface area contributed by atoms with Crippen LogP contribution in [0.3, 0.4) is 0 Å². The van der Waals surface area contributed by atoms with Crippen LogP contribution >= 0.6 is 22.7 Å². The van der Waals surface area contributed by atoms with Crippen molar-refractivity contribution in [3.8, 4) is 9.88 Å². The Labute approximate surface area is 180 Å². The second-order valence-corrected chi connectivity index (χ2v) is 8.57. The number of hydrogen-bond donors (Lipinski definition) is 1. The fraction of sp³-hybridized carbons (Fsp3) is 0.250. The second kappa shape index (κ2) is 9.59. The highest BCUT2D eigenvalue weighted by atomic mass is 32.1. The van der Waals surface area contributed by atoms with Crippen molar-refractivity contribution in [2.45, 2.75) is 32.4 Å². The molecule has 0 saturated carbocycles. The topological polar surface area (TPSA) is 111 Å². The van der Waals surface area contributed by atoms with Crippen LogP contribution in [0.2, 0.25) is 0 Å². The van der Waals surface area contributed by atoms with Crippen molar-refractivity contribution in [1.29, 1.82) is 0 Å². The normalized spacial score (nSPS) is 11.8. The minimum absolute atomic E-state index is 0.177. The van der Waals surface area contributed by atoms with Crippen molar-refractivity contribution in [2.75, 3.05) is 0 Å². The number of carbonyl (C=O) groups excluding carboxylic acids is 2. The molecular weight excluding hydrogens is 426 g/mol. The fourth-order valence-corrected chi connectivity index (χ4v) is 4.41. The lowest BCUT2D eigenvalue weighted by Crippen LogP contribution is -2.31. The summed E-state index contributed by atoms with van der Waals surface area (Å²) in [6.45, 7) is 3.42. The van der Waals surface area contributed by atoms with Crippen LogP contribution < -0.4 is 5.32 Å².